The van der Waals surface area contributed by atoms with Crippen molar-refractivity contribution < 1.29 is 4.92 Å². The van der Waals surface area contributed by atoms with Crippen molar-refractivity contribution in [1.29, 1.82) is 0 Å². The Hall–Kier alpha value is -4.25. The van der Waals surface area contributed by atoms with Crippen molar-refractivity contribution in [3.8, 4) is 0 Å². The highest BCUT2D eigenvalue weighted by Gasteiger charge is 2.30. The lowest BCUT2D eigenvalue weighted by Crippen LogP contribution is -2.18. The number of nitrogens with zero attached hydrogens (tertiary/aromatic N) is 3. The number of non-ortho nitro benzene ring substituents is 1. The van der Waals surface area contributed by atoms with Crippen molar-refractivity contribution in [2.75, 3.05) is 5.01 Å². The molecule has 0 amide bonds. The SMILES string of the molecule is O=[N+]([O-])c1ccc([C@@H]2CC(c3ccc(Cc4ccccc4)cc3)=NN2c2ccccc2)cc1. The Labute approximate surface area is 192 Å². The van der Waals surface area contributed by atoms with Crippen LogP contribution in [0.5, 0.6) is 0 Å². The zero-order valence-corrected chi connectivity index (χ0v) is 18.0. The molecule has 0 unspecified atom stereocenters. The van der Waals surface area contributed by atoms with Gasteiger partial charge in [0.15, 0.2) is 0 Å². The van der Waals surface area contributed by atoms with E-state index in [-0.39, 0.29) is 16.7 Å². The van der Waals surface area contributed by atoms with Crippen molar-refractivity contribution in [2.45, 2.75) is 18.9 Å². The van der Waals surface area contributed by atoms with Crippen LogP contribution in [0.15, 0.2) is 114 Å². The van der Waals surface area contributed by atoms with E-state index >= 15 is 0 Å². The van der Waals surface area contributed by atoms with Gasteiger partial charge in [-0.25, -0.2) is 0 Å². The van der Waals surface area contributed by atoms with Gasteiger partial charge < -0.3 is 0 Å². The Morgan fingerprint density at radius 1 is 0.788 bits per heavy atom. The maximum atomic E-state index is 11.1. The molecule has 0 fully saturated rings. The number of hydrogen-bond acceptors (Lipinski definition) is 4. The summed E-state index contributed by atoms with van der Waals surface area (Å²) < 4.78 is 0. The average molecular weight is 434 g/mol. The molecule has 162 valence electrons. The second-order valence-corrected chi connectivity index (χ2v) is 8.15. The third kappa shape index (κ3) is 4.53. The highest BCUT2D eigenvalue weighted by molar-refractivity contribution is 6.03. The van der Waals surface area contributed by atoms with Crippen LogP contribution in [0.1, 0.15) is 34.7 Å². The van der Waals surface area contributed by atoms with Gasteiger partial charge in [-0.3, -0.25) is 15.1 Å². The van der Waals surface area contributed by atoms with Crippen molar-refractivity contribution in [2.24, 2.45) is 5.10 Å². The lowest BCUT2D eigenvalue weighted by atomic mass is 9.96. The van der Waals surface area contributed by atoms with E-state index in [4.69, 9.17) is 5.10 Å². The Bertz CT molecular complexity index is 1270. The molecule has 4 aromatic rings. The van der Waals surface area contributed by atoms with Crippen molar-refractivity contribution >= 4 is 17.1 Å². The zero-order valence-electron chi connectivity index (χ0n) is 18.0. The minimum Gasteiger partial charge on any atom is -0.258 e. The molecule has 0 saturated heterocycles. The van der Waals surface area contributed by atoms with Gasteiger partial charge in [-0.2, -0.15) is 5.10 Å². The smallest absolute Gasteiger partial charge is 0.258 e. The third-order valence-electron chi connectivity index (χ3n) is 5.96. The normalized spacial score (nSPS) is 15.3. The monoisotopic (exact) mass is 433 g/mol. The number of anilines is 1. The van der Waals surface area contributed by atoms with Gasteiger partial charge in [-0.1, -0.05) is 84.9 Å². The van der Waals surface area contributed by atoms with Gasteiger partial charge in [0.1, 0.15) is 0 Å². The number of nitro benzene ring substituents is 1. The van der Waals surface area contributed by atoms with Crippen molar-refractivity contribution in [1.82, 2.24) is 0 Å². The summed E-state index contributed by atoms with van der Waals surface area (Å²) in [5.74, 6) is 0. The van der Waals surface area contributed by atoms with E-state index in [1.165, 1.54) is 11.1 Å². The van der Waals surface area contributed by atoms with Crippen LogP contribution in [0.2, 0.25) is 0 Å². The Morgan fingerprint density at radius 2 is 1.39 bits per heavy atom. The fourth-order valence-corrected chi connectivity index (χ4v) is 4.23. The molecule has 1 aliphatic rings. The fraction of sp³-hybridized carbons (Fsp3) is 0.107. The number of rotatable bonds is 6. The second kappa shape index (κ2) is 9.09. The standard InChI is InChI=1S/C28H23N3O2/c32-31(33)26-17-15-24(16-18-26)28-20-27(29-30(28)25-9-5-2-6-10-25)23-13-11-22(12-14-23)19-21-7-3-1-4-8-21/h1-18,28H,19-20H2/t28-/m0/s1. The fourth-order valence-electron chi connectivity index (χ4n) is 4.23. The van der Waals surface area contributed by atoms with Crippen LogP contribution >= 0.6 is 0 Å². The molecule has 0 saturated carbocycles. The zero-order chi connectivity index (χ0) is 22.6. The number of para-hydroxylation sites is 1. The quantitative estimate of drug-likeness (QED) is 0.256. The van der Waals surface area contributed by atoms with Gasteiger partial charge in [-0.15, -0.1) is 0 Å². The van der Waals surface area contributed by atoms with Crippen LogP contribution in [0.4, 0.5) is 11.4 Å². The lowest BCUT2D eigenvalue weighted by Gasteiger charge is -2.23. The summed E-state index contributed by atoms with van der Waals surface area (Å²) in [6.07, 6.45) is 1.62. The Morgan fingerprint density at radius 3 is 2.03 bits per heavy atom. The van der Waals surface area contributed by atoms with Crippen LogP contribution in [-0.4, -0.2) is 10.6 Å². The molecule has 1 heterocycles. The van der Waals surface area contributed by atoms with Gasteiger partial charge in [0.05, 0.1) is 22.4 Å². The van der Waals surface area contributed by atoms with Gasteiger partial charge in [0, 0.05) is 18.6 Å². The molecule has 0 N–H and O–H groups in total. The largest absolute Gasteiger partial charge is 0.269 e. The molecule has 0 bridgehead atoms. The van der Waals surface area contributed by atoms with E-state index < -0.39 is 0 Å². The van der Waals surface area contributed by atoms with E-state index in [0.29, 0.717) is 0 Å². The van der Waals surface area contributed by atoms with Gasteiger partial charge in [0.2, 0.25) is 0 Å². The van der Waals surface area contributed by atoms with Gasteiger partial charge in [0.25, 0.3) is 5.69 Å². The summed E-state index contributed by atoms with van der Waals surface area (Å²) in [6, 6.07) is 35.9. The van der Waals surface area contributed by atoms with E-state index in [1.807, 2.05) is 53.5 Å². The molecule has 33 heavy (non-hydrogen) atoms. The second-order valence-electron chi connectivity index (χ2n) is 8.15. The van der Waals surface area contributed by atoms with Crippen LogP contribution in [0.3, 0.4) is 0 Å². The maximum Gasteiger partial charge on any atom is 0.269 e. The van der Waals surface area contributed by atoms with Gasteiger partial charge >= 0.3 is 0 Å². The minimum atomic E-state index is -0.369. The molecule has 1 aliphatic heterocycles. The first kappa shape index (κ1) is 20.6. The number of hydrazone groups is 1. The molecule has 0 radical (unpaired) electrons. The molecular weight excluding hydrogens is 410 g/mol. The summed E-state index contributed by atoms with van der Waals surface area (Å²) in [5.41, 5.74) is 6.75. The number of nitro groups is 1. The first-order valence-electron chi connectivity index (χ1n) is 11.0. The molecular formula is C28H23N3O2. The summed E-state index contributed by atoms with van der Waals surface area (Å²) in [5, 5.41) is 18.1. The van der Waals surface area contributed by atoms with Crippen LogP contribution in [0, 0.1) is 10.1 Å². The van der Waals surface area contributed by atoms with E-state index in [2.05, 4.69) is 48.5 Å². The van der Waals surface area contributed by atoms with Crippen LogP contribution in [-0.2, 0) is 6.42 Å². The summed E-state index contributed by atoms with van der Waals surface area (Å²) in [4.78, 5) is 10.7. The summed E-state index contributed by atoms with van der Waals surface area (Å²) in [6.45, 7) is 0. The molecule has 5 nitrogen and oxygen atoms in total. The van der Waals surface area contributed by atoms with Crippen molar-refractivity contribution in [3.63, 3.8) is 0 Å². The maximum absolute atomic E-state index is 11.1. The van der Waals surface area contributed by atoms with Crippen LogP contribution < -0.4 is 5.01 Å². The summed E-state index contributed by atoms with van der Waals surface area (Å²) >= 11 is 0. The number of hydrogen-bond donors (Lipinski definition) is 0. The summed E-state index contributed by atoms with van der Waals surface area (Å²) in [7, 11) is 0. The van der Waals surface area contributed by atoms with Gasteiger partial charge in [-0.05, 0) is 40.8 Å². The molecule has 4 aromatic carbocycles. The lowest BCUT2D eigenvalue weighted by molar-refractivity contribution is -0.384. The molecule has 0 spiro atoms. The van der Waals surface area contributed by atoms with E-state index in [1.54, 1.807) is 12.1 Å². The van der Waals surface area contributed by atoms with Crippen LogP contribution in [0.25, 0.3) is 0 Å². The van der Waals surface area contributed by atoms with Crippen molar-refractivity contribution in [3.05, 3.63) is 142 Å². The highest BCUT2D eigenvalue weighted by Crippen LogP contribution is 2.37. The number of benzene rings is 4. The molecule has 5 heteroatoms. The van der Waals surface area contributed by atoms with E-state index in [9.17, 15) is 10.1 Å². The molecule has 1 atom stereocenters. The first-order valence-corrected chi connectivity index (χ1v) is 11.0. The Kier molecular flexibility index (Phi) is 5.68. The topological polar surface area (TPSA) is 58.7 Å². The highest BCUT2D eigenvalue weighted by atomic mass is 16.6. The van der Waals surface area contributed by atoms with E-state index in [0.717, 1.165) is 35.4 Å². The Balaban J connectivity index is 1.42. The minimum absolute atomic E-state index is 0.0211. The molecule has 5 rings (SSSR count). The predicted molar refractivity (Wildman–Crippen MR) is 132 cm³/mol. The molecule has 0 aromatic heterocycles. The third-order valence-corrected chi connectivity index (χ3v) is 5.96. The first-order chi connectivity index (χ1) is 16.2. The predicted octanol–water partition coefficient (Wildman–Crippen LogP) is 6.54. The molecule has 0 aliphatic carbocycles. The average Bonchev–Trinajstić information content (AvgIpc) is 3.31.